The zero-order valence-electron chi connectivity index (χ0n) is 15.2. The third-order valence-corrected chi connectivity index (χ3v) is 5.41. The van der Waals surface area contributed by atoms with Crippen molar-refractivity contribution in [3.8, 4) is 0 Å². The Bertz CT molecular complexity index is 629. The maximum absolute atomic E-state index is 12.7. The first-order chi connectivity index (χ1) is 12.5. The summed E-state index contributed by atoms with van der Waals surface area (Å²) in [5.74, 6) is -0.0726. The zero-order chi connectivity index (χ0) is 18.5. The molecule has 3 rings (SSSR count). The predicted molar refractivity (Wildman–Crippen MR) is 95.3 cm³/mol. The molecule has 26 heavy (non-hydrogen) atoms. The van der Waals surface area contributed by atoms with Crippen LogP contribution in [0.1, 0.15) is 55.8 Å². The topological polar surface area (TPSA) is 91.7 Å². The molecule has 0 radical (unpaired) electrons. The Balaban J connectivity index is 1.51. The van der Waals surface area contributed by atoms with E-state index in [4.69, 9.17) is 4.42 Å². The van der Waals surface area contributed by atoms with Gasteiger partial charge in [0.2, 0.25) is 11.8 Å². The molecule has 3 amide bonds. The first kappa shape index (κ1) is 18.5. The highest BCUT2D eigenvalue weighted by Crippen LogP contribution is 2.28. The van der Waals surface area contributed by atoms with Gasteiger partial charge in [-0.15, -0.1) is 0 Å². The van der Waals surface area contributed by atoms with Gasteiger partial charge in [0, 0.05) is 26.1 Å². The summed E-state index contributed by atoms with van der Waals surface area (Å²) >= 11 is 0. The molecule has 1 saturated carbocycles. The lowest BCUT2D eigenvalue weighted by Crippen LogP contribution is -2.54. The summed E-state index contributed by atoms with van der Waals surface area (Å²) in [6.07, 6.45) is 8.57. The van der Waals surface area contributed by atoms with Crippen molar-refractivity contribution in [2.45, 2.75) is 57.5 Å². The Morgan fingerprint density at radius 1 is 1.15 bits per heavy atom. The molecule has 1 aliphatic carbocycles. The van der Waals surface area contributed by atoms with Crippen LogP contribution in [-0.4, -0.2) is 47.8 Å². The van der Waals surface area contributed by atoms with Gasteiger partial charge in [-0.2, -0.15) is 0 Å². The third-order valence-electron chi connectivity index (χ3n) is 5.41. The van der Waals surface area contributed by atoms with Crippen molar-refractivity contribution >= 4 is 17.7 Å². The third kappa shape index (κ3) is 4.45. The minimum absolute atomic E-state index is 0.0357. The summed E-state index contributed by atoms with van der Waals surface area (Å²) < 4.78 is 4.97. The van der Waals surface area contributed by atoms with Crippen molar-refractivity contribution in [1.29, 1.82) is 0 Å². The molecular formula is C19H27N3O4. The number of hydrogen-bond acceptors (Lipinski definition) is 4. The number of hydrogen-bond donors (Lipinski definition) is 2. The molecule has 1 aromatic rings. The second kappa shape index (κ2) is 8.38. The minimum Gasteiger partial charge on any atom is -0.472 e. The number of rotatable bonds is 5. The van der Waals surface area contributed by atoms with E-state index in [1.165, 1.54) is 19.5 Å². The zero-order valence-corrected chi connectivity index (χ0v) is 15.2. The Morgan fingerprint density at radius 3 is 2.42 bits per heavy atom. The summed E-state index contributed by atoms with van der Waals surface area (Å²) in [6.45, 7) is 2.65. The van der Waals surface area contributed by atoms with Gasteiger partial charge in [-0.25, -0.2) is 0 Å². The molecule has 1 aliphatic heterocycles. The first-order valence-corrected chi connectivity index (χ1v) is 9.43. The van der Waals surface area contributed by atoms with Gasteiger partial charge in [-0.1, -0.05) is 12.8 Å². The van der Waals surface area contributed by atoms with Gasteiger partial charge in [-0.3, -0.25) is 14.4 Å². The standard InChI is InChI=1S/C19H27N3O4/c1-13(23)20-17(14-4-2-3-5-14)18(24)21-16-6-9-22(10-7-16)19(25)15-8-11-26-12-15/h8,11-12,14,16-17H,2-7,9-10H2,1H3,(H,20,23)(H,21,24)/t17-/m1/s1. The van der Waals surface area contributed by atoms with Crippen molar-refractivity contribution in [3.63, 3.8) is 0 Å². The average molecular weight is 361 g/mol. The van der Waals surface area contributed by atoms with E-state index in [0.717, 1.165) is 25.7 Å². The fourth-order valence-corrected chi connectivity index (χ4v) is 3.99. The summed E-state index contributed by atoms with van der Waals surface area (Å²) in [6, 6.07) is 1.25. The van der Waals surface area contributed by atoms with Gasteiger partial charge >= 0.3 is 0 Å². The van der Waals surface area contributed by atoms with Gasteiger partial charge in [0.25, 0.3) is 5.91 Å². The normalized spacial score (nSPS) is 20.0. The van der Waals surface area contributed by atoms with E-state index in [0.29, 0.717) is 31.5 Å². The highest BCUT2D eigenvalue weighted by Gasteiger charge is 2.33. The molecule has 2 heterocycles. The number of amides is 3. The molecule has 1 atom stereocenters. The van der Waals surface area contributed by atoms with Gasteiger partial charge in [-0.05, 0) is 37.7 Å². The molecule has 2 aliphatic rings. The summed E-state index contributed by atoms with van der Waals surface area (Å²) in [7, 11) is 0. The molecule has 0 spiro atoms. The largest absolute Gasteiger partial charge is 0.472 e. The van der Waals surface area contributed by atoms with Crippen LogP contribution in [-0.2, 0) is 9.59 Å². The summed E-state index contributed by atoms with van der Waals surface area (Å²) in [4.78, 5) is 38.3. The van der Waals surface area contributed by atoms with E-state index in [2.05, 4.69) is 10.6 Å². The quantitative estimate of drug-likeness (QED) is 0.835. The lowest BCUT2D eigenvalue weighted by atomic mass is 9.96. The number of carbonyl (C=O) groups is 3. The molecule has 142 valence electrons. The number of carbonyl (C=O) groups excluding carboxylic acids is 3. The molecule has 7 heteroatoms. The van der Waals surface area contributed by atoms with E-state index >= 15 is 0 Å². The van der Waals surface area contributed by atoms with Gasteiger partial charge in [0.15, 0.2) is 0 Å². The van der Waals surface area contributed by atoms with E-state index in [-0.39, 0.29) is 29.7 Å². The summed E-state index contributed by atoms with van der Waals surface area (Å²) in [5.41, 5.74) is 0.555. The van der Waals surface area contributed by atoms with Gasteiger partial charge in [0.05, 0.1) is 11.8 Å². The molecule has 7 nitrogen and oxygen atoms in total. The number of piperidine rings is 1. The monoisotopic (exact) mass is 361 g/mol. The van der Waals surface area contributed by atoms with E-state index in [1.807, 2.05) is 0 Å². The van der Waals surface area contributed by atoms with Crippen LogP contribution in [0.25, 0.3) is 0 Å². The number of nitrogens with one attached hydrogen (secondary N) is 2. The average Bonchev–Trinajstić information content (AvgIpc) is 3.33. The fourth-order valence-electron chi connectivity index (χ4n) is 3.99. The molecule has 0 bridgehead atoms. The second-order valence-electron chi connectivity index (χ2n) is 7.31. The highest BCUT2D eigenvalue weighted by atomic mass is 16.3. The minimum atomic E-state index is -0.444. The van der Waals surface area contributed by atoms with Crippen LogP contribution >= 0.6 is 0 Å². The Morgan fingerprint density at radius 2 is 1.85 bits per heavy atom. The molecule has 1 saturated heterocycles. The molecule has 1 aromatic heterocycles. The molecule has 2 N–H and O–H groups in total. The first-order valence-electron chi connectivity index (χ1n) is 9.43. The Labute approximate surface area is 153 Å². The van der Waals surface area contributed by atoms with Crippen LogP contribution in [0.3, 0.4) is 0 Å². The van der Waals surface area contributed by atoms with Crippen molar-refractivity contribution < 1.29 is 18.8 Å². The van der Waals surface area contributed by atoms with E-state index < -0.39 is 6.04 Å². The SMILES string of the molecule is CC(=O)N[C@@H](C(=O)NC1CCN(C(=O)c2ccoc2)CC1)C1CCCC1. The maximum atomic E-state index is 12.7. The molecular weight excluding hydrogens is 334 g/mol. The van der Waals surface area contributed by atoms with E-state index in [1.54, 1.807) is 11.0 Å². The lowest BCUT2D eigenvalue weighted by Gasteiger charge is -2.33. The van der Waals surface area contributed by atoms with Crippen LogP contribution in [0.15, 0.2) is 23.0 Å². The van der Waals surface area contributed by atoms with Crippen LogP contribution in [0.2, 0.25) is 0 Å². The van der Waals surface area contributed by atoms with Crippen molar-refractivity contribution in [2.75, 3.05) is 13.1 Å². The molecule has 0 unspecified atom stereocenters. The van der Waals surface area contributed by atoms with Crippen LogP contribution < -0.4 is 10.6 Å². The smallest absolute Gasteiger partial charge is 0.257 e. The number of furan rings is 1. The Hall–Kier alpha value is -2.31. The molecule has 2 fully saturated rings. The lowest BCUT2D eigenvalue weighted by molar-refractivity contribution is -0.130. The predicted octanol–water partition coefficient (Wildman–Crippen LogP) is 1.70. The highest BCUT2D eigenvalue weighted by molar-refractivity contribution is 5.94. The van der Waals surface area contributed by atoms with Crippen LogP contribution in [0.5, 0.6) is 0 Å². The Kier molecular flexibility index (Phi) is 5.96. The maximum Gasteiger partial charge on any atom is 0.257 e. The van der Waals surface area contributed by atoms with Gasteiger partial charge in [0.1, 0.15) is 12.3 Å². The number of likely N-dealkylation sites (tertiary alicyclic amines) is 1. The van der Waals surface area contributed by atoms with Crippen molar-refractivity contribution in [2.24, 2.45) is 5.92 Å². The number of nitrogens with zero attached hydrogens (tertiary/aromatic N) is 1. The second-order valence-corrected chi connectivity index (χ2v) is 7.31. The van der Waals surface area contributed by atoms with Crippen LogP contribution in [0.4, 0.5) is 0 Å². The van der Waals surface area contributed by atoms with Gasteiger partial charge < -0.3 is 20.0 Å². The van der Waals surface area contributed by atoms with E-state index in [9.17, 15) is 14.4 Å². The fraction of sp³-hybridized carbons (Fsp3) is 0.632. The molecule has 0 aromatic carbocycles. The van der Waals surface area contributed by atoms with Crippen molar-refractivity contribution in [3.05, 3.63) is 24.2 Å². The van der Waals surface area contributed by atoms with Crippen molar-refractivity contribution in [1.82, 2.24) is 15.5 Å². The van der Waals surface area contributed by atoms with Crippen LogP contribution in [0, 0.1) is 5.92 Å². The summed E-state index contributed by atoms with van der Waals surface area (Å²) in [5, 5.41) is 5.92.